The molecule has 0 spiro atoms. The van der Waals surface area contributed by atoms with Crippen molar-refractivity contribution in [1.82, 2.24) is 0 Å². The standard InChI is InChI=1S/C18H18BrNO4/c1-11-5-4-6-16(12(11)2)24-10-17(21)20-15-8-7-13(19)9-14(15)18(22)23-3/h4-9H,10H2,1-3H3,(H,20,21). The number of amides is 1. The summed E-state index contributed by atoms with van der Waals surface area (Å²) in [6.07, 6.45) is 0. The molecule has 126 valence electrons. The van der Waals surface area contributed by atoms with Gasteiger partial charge in [0.1, 0.15) is 5.75 Å². The largest absolute Gasteiger partial charge is 0.483 e. The molecule has 0 aliphatic rings. The molecule has 2 aromatic rings. The van der Waals surface area contributed by atoms with Crippen LogP contribution < -0.4 is 10.1 Å². The number of anilines is 1. The average Bonchev–Trinajstić information content (AvgIpc) is 2.57. The molecule has 0 saturated carbocycles. The molecule has 0 aliphatic heterocycles. The zero-order valence-electron chi connectivity index (χ0n) is 13.7. The van der Waals surface area contributed by atoms with Crippen LogP contribution in [0.15, 0.2) is 40.9 Å². The smallest absolute Gasteiger partial charge is 0.340 e. The fourth-order valence-corrected chi connectivity index (χ4v) is 2.48. The molecule has 0 aromatic heterocycles. The van der Waals surface area contributed by atoms with Crippen LogP contribution in [0.2, 0.25) is 0 Å². The maximum absolute atomic E-state index is 12.1. The number of aryl methyl sites for hydroxylation is 1. The van der Waals surface area contributed by atoms with Crippen molar-refractivity contribution in [3.05, 3.63) is 57.6 Å². The van der Waals surface area contributed by atoms with Crippen LogP contribution in [-0.2, 0) is 9.53 Å². The summed E-state index contributed by atoms with van der Waals surface area (Å²) in [6.45, 7) is 3.76. The Morgan fingerprint density at radius 1 is 1.17 bits per heavy atom. The van der Waals surface area contributed by atoms with Crippen molar-refractivity contribution >= 4 is 33.5 Å². The van der Waals surface area contributed by atoms with Crippen molar-refractivity contribution in [3.8, 4) is 5.75 Å². The number of rotatable bonds is 5. The molecule has 0 heterocycles. The minimum Gasteiger partial charge on any atom is -0.483 e. The summed E-state index contributed by atoms with van der Waals surface area (Å²) < 4.78 is 11.0. The van der Waals surface area contributed by atoms with E-state index in [-0.39, 0.29) is 18.1 Å². The molecule has 6 heteroatoms. The number of benzene rings is 2. The fraction of sp³-hybridized carbons (Fsp3) is 0.222. The van der Waals surface area contributed by atoms with Gasteiger partial charge in [-0.2, -0.15) is 0 Å². The third-order valence-corrected chi connectivity index (χ3v) is 4.07. The lowest BCUT2D eigenvalue weighted by Crippen LogP contribution is -2.22. The van der Waals surface area contributed by atoms with Crippen LogP contribution in [0.4, 0.5) is 5.69 Å². The van der Waals surface area contributed by atoms with E-state index in [1.54, 1.807) is 18.2 Å². The van der Waals surface area contributed by atoms with Gasteiger partial charge in [-0.15, -0.1) is 0 Å². The highest BCUT2D eigenvalue weighted by molar-refractivity contribution is 9.10. The lowest BCUT2D eigenvalue weighted by molar-refractivity contribution is -0.118. The summed E-state index contributed by atoms with van der Waals surface area (Å²) in [5.41, 5.74) is 2.73. The van der Waals surface area contributed by atoms with Crippen LogP contribution in [0.3, 0.4) is 0 Å². The zero-order valence-corrected chi connectivity index (χ0v) is 15.3. The van der Waals surface area contributed by atoms with Crippen LogP contribution in [-0.4, -0.2) is 25.6 Å². The maximum atomic E-state index is 12.1. The normalized spacial score (nSPS) is 10.2. The fourth-order valence-electron chi connectivity index (χ4n) is 2.11. The monoisotopic (exact) mass is 391 g/mol. The first-order valence-corrected chi connectivity index (χ1v) is 8.08. The third kappa shape index (κ3) is 4.35. The Labute approximate surface area is 149 Å². The summed E-state index contributed by atoms with van der Waals surface area (Å²) in [6, 6.07) is 10.6. The number of hydrogen-bond donors (Lipinski definition) is 1. The van der Waals surface area contributed by atoms with Crippen LogP contribution in [0.5, 0.6) is 5.75 Å². The first-order chi connectivity index (χ1) is 11.4. The quantitative estimate of drug-likeness (QED) is 0.785. The molecule has 0 atom stereocenters. The predicted molar refractivity (Wildman–Crippen MR) is 95.5 cm³/mol. The highest BCUT2D eigenvalue weighted by Crippen LogP contribution is 2.23. The van der Waals surface area contributed by atoms with Crippen molar-refractivity contribution in [2.75, 3.05) is 19.0 Å². The van der Waals surface area contributed by atoms with Gasteiger partial charge in [-0.1, -0.05) is 28.1 Å². The first kappa shape index (κ1) is 18.0. The minimum absolute atomic E-state index is 0.152. The van der Waals surface area contributed by atoms with Gasteiger partial charge in [0.15, 0.2) is 6.61 Å². The van der Waals surface area contributed by atoms with E-state index in [1.165, 1.54) is 7.11 Å². The van der Waals surface area contributed by atoms with Gasteiger partial charge >= 0.3 is 5.97 Å². The summed E-state index contributed by atoms with van der Waals surface area (Å²) in [4.78, 5) is 23.9. The Morgan fingerprint density at radius 2 is 1.92 bits per heavy atom. The molecule has 0 aliphatic carbocycles. The number of carbonyl (C=O) groups excluding carboxylic acids is 2. The van der Waals surface area contributed by atoms with Crippen molar-refractivity contribution < 1.29 is 19.1 Å². The Morgan fingerprint density at radius 3 is 2.62 bits per heavy atom. The molecule has 0 saturated heterocycles. The van der Waals surface area contributed by atoms with Gasteiger partial charge in [-0.25, -0.2) is 4.79 Å². The van der Waals surface area contributed by atoms with Gasteiger partial charge in [0.25, 0.3) is 5.91 Å². The number of methoxy groups -OCH3 is 1. The number of hydrogen-bond acceptors (Lipinski definition) is 4. The second kappa shape index (κ2) is 7.97. The van der Waals surface area contributed by atoms with Crippen molar-refractivity contribution in [3.63, 3.8) is 0 Å². The van der Waals surface area contributed by atoms with Crippen LogP contribution in [0.25, 0.3) is 0 Å². The van der Waals surface area contributed by atoms with Gasteiger partial charge in [-0.05, 0) is 49.2 Å². The van der Waals surface area contributed by atoms with Crippen molar-refractivity contribution in [2.45, 2.75) is 13.8 Å². The van der Waals surface area contributed by atoms with E-state index in [1.807, 2.05) is 32.0 Å². The molecule has 24 heavy (non-hydrogen) atoms. The van der Waals surface area contributed by atoms with Gasteiger partial charge in [0.2, 0.25) is 0 Å². The van der Waals surface area contributed by atoms with E-state index >= 15 is 0 Å². The van der Waals surface area contributed by atoms with E-state index in [0.717, 1.165) is 11.1 Å². The van der Waals surface area contributed by atoms with E-state index in [9.17, 15) is 9.59 Å². The first-order valence-electron chi connectivity index (χ1n) is 7.29. The van der Waals surface area contributed by atoms with E-state index < -0.39 is 5.97 Å². The molecular formula is C18H18BrNO4. The molecule has 0 fully saturated rings. The Hall–Kier alpha value is -2.34. The highest BCUT2D eigenvalue weighted by Gasteiger charge is 2.15. The summed E-state index contributed by atoms with van der Waals surface area (Å²) in [5.74, 6) is -0.223. The molecular weight excluding hydrogens is 374 g/mol. The molecule has 1 N–H and O–H groups in total. The lowest BCUT2D eigenvalue weighted by atomic mass is 10.1. The molecule has 0 bridgehead atoms. The molecule has 2 rings (SSSR count). The molecule has 0 unspecified atom stereocenters. The van der Waals surface area contributed by atoms with Crippen LogP contribution in [0.1, 0.15) is 21.5 Å². The lowest BCUT2D eigenvalue weighted by Gasteiger charge is -2.12. The zero-order chi connectivity index (χ0) is 17.7. The molecule has 5 nitrogen and oxygen atoms in total. The van der Waals surface area contributed by atoms with Crippen LogP contribution >= 0.6 is 15.9 Å². The van der Waals surface area contributed by atoms with E-state index in [2.05, 4.69) is 21.2 Å². The molecule has 2 aromatic carbocycles. The van der Waals surface area contributed by atoms with Crippen molar-refractivity contribution in [1.29, 1.82) is 0 Å². The van der Waals surface area contributed by atoms with Gasteiger partial charge < -0.3 is 14.8 Å². The minimum atomic E-state index is -0.526. The number of halogens is 1. The maximum Gasteiger partial charge on any atom is 0.340 e. The Bertz CT molecular complexity index is 774. The van der Waals surface area contributed by atoms with E-state index in [4.69, 9.17) is 9.47 Å². The van der Waals surface area contributed by atoms with Gasteiger partial charge in [0.05, 0.1) is 18.4 Å². The average molecular weight is 392 g/mol. The highest BCUT2D eigenvalue weighted by atomic mass is 79.9. The number of ether oxygens (including phenoxy) is 2. The Balaban J connectivity index is 2.07. The summed E-state index contributed by atoms with van der Waals surface area (Å²) in [7, 11) is 1.29. The Kier molecular flexibility index (Phi) is 5.98. The second-order valence-corrected chi connectivity index (χ2v) is 6.13. The third-order valence-electron chi connectivity index (χ3n) is 3.57. The van der Waals surface area contributed by atoms with Gasteiger partial charge in [-0.3, -0.25) is 4.79 Å². The predicted octanol–water partition coefficient (Wildman–Crippen LogP) is 3.87. The topological polar surface area (TPSA) is 64.6 Å². The SMILES string of the molecule is COC(=O)c1cc(Br)ccc1NC(=O)COc1cccc(C)c1C. The molecule has 0 radical (unpaired) electrons. The number of nitrogens with one attached hydrogen (secondary N) is 1. The van der Waals surface area contributed by atoms with Crippen LogP contribution in [0, 0.1) is 13.8 Å². The number of carbonyl (C=O) groups is 2. The van der Waals surface area contributed by atoms with E-state index in [0.29, 0.717) is 15.9 Å². The molecule has 1 amide bonds. The van der Waals surface area contributed by atoms with Gasteiger partial charge in [0, 0.05) is 4.47 Å². The number of esters is 1. The van der Waals surface area contributed by atoms with Crippen molar-refractivity contribution in [2.24, 2.45) is 0 Å². The second-order valence-electron chi connectivity index (χ2n) is 5.22. The summed E-state index contributed by atoms with van der Waals surface area (Å²) >= 11 is 3.29. The summed E-state index contributed by atoms with van der Waals surface area (Å²) in [5, 5.41) is 2.67.